The van der Waals surface area contributed by atoms with Gasteiger partial charge in [0, 0.05) is 26.7 Å². The highest BCUT2D eigenvalue weighted by atomic mass is 28.2. The van der Waals surface area contributed by atoms with E-state index in [1.807, 2.05) is 0 Å². The number of hydrogen-bond acceptors (Lipinski definition) is 4. The van der Waals surface area contributed by atoms with Gasteiger partial charge in [-0.05, 0) is 19.3 Å². The van der Waals surface area contributed by atoms with Crippen LogP contribution in [0.25, 0.3) is 0 Å². The van der Waals surface area contributed by atoms with Crippen molar-refractivity contribution in [1.82, 2.24) is 0 Å². The summed E-state index contributed by atoms with van der Waals surface area (Å²) in [6.45, 7) is 7.69. The van der Waals surface area contributed by atoms with Gasteiger partial charge in [0.15, 0.2) is 0 Å². The minimum absolute atomic E-state index is 0.0890. The van der Waals surface area contributed by atoms with E-state index < -0.39 is 11.8 Å². The molecule has 6 heteroatoms. The van der Waals surface area contributed by atoms with E-state index in [9.17, 15) is 9.90 Å². The quantitative estimate of drug-likeness (QED) is 0.0547. The van der Waals surface area contributed by atoms with E-state index in [1.54, 1.807) is 0 Å². The molecule has 1 atom stereocenters. The van der Waals surface area contributed by atoms with Crippen LogP contribution in [0.1, 0.15) is 175 Å². The second-order valence-corrected chi connectivity index (χ2v) is 11.9. The van der Waals surface area contributed by atoms with Crippen molar-refractivity contribution in [3.63, 3.8) is 0 Å². The lowest BCUT2D eigenvalue weighted by Gasteiger charge is -2.34. The van der Waals surface area contributed by atoms with Crippen LogP contribution in [-0.4, -0.2) is 48.2 Å². The molecule has 236 valence electrons. The zero-order chi connectivity index (χ0) is 29.5. The first-order chi connectivity index (χ1) is 19.0. The first-order valence-electron chi connectivity index (χ1n) is 16.8. The molecule has 0 saturated heterocycles. The molecule has 5 nitrogen and oxygen atoms in total. The minimum Gasteiger partial charge on any atom is -0.477 e. The van der Waals surface area contributed by atoms with Crippen LogP contribution in [0.3, 0.4) is 0 Å². The molecule has 0 saturated carbocycles. The predicted octanol–water partition coefficient (Wildman–Crippen LogP) is 9.38. The lowest BCUT2D eigenvalue weighted by Crippen LogP contribution is -2.49. The van der Waals surface area contributed by atoms with Crippen molar-refractivity contribution in [2.24, 2.45) is 5.92 Å². The van der Waals surface area contributed by atoms with Crippen LogP contribution in [0.4, 0.5) is 0 Å². The van der Waals surface area contributed by atoms with Crippen LogP contribution in [-0.2, 0) is 18.7 Å². The number of carboxylic acids is 1. The topological polar surface area (TPSA) is 65.0 Å². The Morgan fingerprint density at radius 1 is 0.590 bits per heavy atom. The molecule has 0 rings (SSSR count). The van der Waals surface area contributed by atoms with Crippen molar-refractivity contribution >= 4 is 16.5 Å². The molecular weight excluding hydrogens is 504 g/mol. The molecule has 0 aromatic carbocycles. The maximum Gasteiger partial charge on any atom is 0.364 e. The second-order valence-electron chi connectivity index (χ2n) is 11.4. The zero-order valence-corrected chi connectivity index (χ0v) is 29.3. The molecule has 39 heavy (non-hydrogen) atoms. The normalized spacial score (nSPS) is 12.3. The molecule has 0 radical (unpaired) electrons. The Kier molecular flexibility index (Phi) is 33.5. The minimum atomic E-state index is -1.50. The number of ether oxygens (including phenoxy) is 2. The molecule has 1 N–H and O–H groups in total. The number of unbranched alkanes of at least 4 members (excludes halogenated alkanes) is 19. The number of hydrogen-bond donors (Lipinski definition) is 1. The van der Waals surface area contributed by atoms with Crippen molar-refractivity contribution in [2.45, 2.75) is 181 Å². The Morgan fingerprint density at radius 2 is 0.897 bits per heavy atom. The van der Waals surface area contributed by atoms with Crippen molar-refractivity contribution in [1.29, 1.82) is 0 Å². The number of carbonyl (C=O) groups is 1. The third-order valence-electron chi connectivity index (χ3n) is 7.96. The number of rotatable bonds is 29. The highest BCUT2D eigenvalue weighted by Gasteiger charge is 2.46. The Hall–Kier alpha value is -0.433. The standard InChI is InChI=1S/C28H56O4.C5H14OSi/c1-5-7-9-11-13-14-15-16-17-18-19-21-23-25-26(24-22-20-12-10-8-6-2)28(31-3,32-4)27(29)30;1-2-3-4-5-6-7/h26H,5-25H2,1-4H3,(H,29,30);2-5H2,1,7H3. The maximum absolute atomic E-state index is 12.0. The van der Waals surface area contributed by atoms with Crippen LogP contribution in [0.5, 0.6) is 0 Å². The first-order valence-corrected chi connectivity index (χ1v) is 17.6. The Bertz CT molecular complexity index is 481. The van der Waals surface area contributed by atoms with E-state index in [2.05, 4.69) is 20.8 Å². The van der Waals surface area contributed by atoms with E-state index >= 15 is 0 Å². The number of aliphatic carboxylic acids is 1. The summed E-state index contributed by atoms with van der Waals surface area (Å²) in [5, 5.41) is 9.82. The fourth-order valence-corrected chi connectivity index (χ4v) is 5.65. The molecule has 0 aromatic heterocycles. The summed E-state index contributed by atoms with van der Waals surface area (Å²) in [6, 6.07) is 0. The highest BCUT2D eigenvalue weighted by Crippen LogP contribution is 2.33. The van der Waals surface area contributed by atoms with Gasteiger partial charge in [-0.3, -0.25) is 0 Å². The van der Waals surface area contributed by atoms with Crippen molar-refractivity contribution in [2.75, 3.05) is 20.8 Å². The van der Waals surface area contributed by atoms with Crippen molar-refractivity contribution in [3.8, 4) is 0 Å². The van der Waals surface area contributed by atoms with Gasteiger partial charge in [-0.2, -0.15) is 0 Å². The van der Waals surface area contributed by atoms with Gasteiger partial charge < -0.3 is 19.0 Å². The summed E-state index contributed by atoms with van der Waals surface area (Å²) in [5.74, 6) is -2.58. The van der Waals surface area contributed by atoms with Crippen LogP contribution in [0, 0.1) is 5.92 Å². The fourth-order valence-electron chi connectivity index (χ4n) is 5.37. The van der Waals surface area contributed by atoms with Gasteiger partial charge in [0.1, 0.15) is 10.5 Å². The molecule has 0 fully saturated rings. The maximum atomic E-state index is 12.0. The average Bonchev–Trinajstić information content (AvgIpc) is 2.94. The lowest BCUT2D eigenvalue weighted by molar-refractivity contribution is -0.248. The molecule has 0 bridgehead atoms. The van der Waals surface area contributed by atoms with Crippen LogP contribution in [0.15, 0.2) is 0 Å². The van der Waals surface area contributed by atoms with Crippen LogP contribution >= 0.6 is 0 Å². The molecule has 0 spiro atoms. The van der Waals surface area contributed by atoms with Crippen molar-refractivity contribution < 1.29 is 23.8 Å². The van der Waals surface area contributed by atoms with Gasteiger partial charge in [0.25, 0.3) is 5.79 Å². The summed E-state index contributed by atoms with van der Waals surface area (Å²) in [4.78, 5) is 12.0. The molecule has 0 aliphatic heterocycles. The summed E-state index contributed by atoms with van der Waals surface area (Å²) < 4.78 is 15.9. The van der Waals surface area contributed by atoms with Gasteiger partial charge in [-0.15, -0.1) is 0 Å². The largest absolute Gasteiger partial charge is 0.477 e. The average molecular weight is 575 g/mol. The van der Waals surface area contributed by atoms with Gasteiger partial charge in [-0.1, -0.05) is 156 Å². The van der Waals surface area contributed by atoms with E-state index in [0.717, 1.165) is 49.2 Å². The summed E-state index contributed by atoms with van der Waals surface area (Å²) >= 11 is 0. The Morgan fingerprint density at radius 3 is 1.18 bits per heavy atom. The number of carboxylic acid groups (broad SMARTS) is 1. The van der Waals surface area contributed by atoms with Crippen LogP contribution < -0.4 is 0 Å². The molecule has 0 aromatic rings. The van der Waals surface area contributed by atoms with Gasteiger partial charge in [0.2, 0.25) is 0 Å². The van der Waals surface area contributed by atoms with E-state index in [-0.39, 0.29) is 5.92 Å². The Balaban J connectivity index is 0. The summed E-state index contributed by atoms with van der Waals surface area (Å²) in [6.07, 6.45) is 30.1. The van der Waals surface area contributed by atoms with E-state index in [1.165, 1.54) is 136 Å². The van der Waals surface area contributed by atoms with Crippen molar-refractivity contribution in [3.05, 3.63) is 0 Å². The third-order valence-corrected chi connectivity index (χ3v) is 8.36. The van der Waals surface area contributed by atoms with Gasteiger partial charge >= 0.3 is 5.97 Å². The molecule has 1 unspecified atom stereocenters. The van der Waals surface area contributed by atoms with E-state index in [4.69, 9.17) is 13.9 Å². The molecule has 0 amide bonds. The number of methoxy groups -OCH3 is 2. The first kappa shape index (κ1) is 40.7. The lowest BCUT2D eigenvalue weighted by atomic mass is 9.86. The SMILES string of the molecule is CCCCCCCCCCCCCCCC(CCCCCCCC)C(OC)(OC)C(=O)O.CCCCCO[SiH3]. The smallest absolute Gasteiger partial charge is 0.364 e. The Labute approximate surface area is 247 Å². The fraction of sp³-hybridized carbons (Fsp3) is 0.970. The zero-order valence-electron chi connectivity index (χ0n) is 27.3. The molecular formula is C33H70O5Si. The summed E-state index contributed by atoms with van der Waals surface area (Å²) in [7, 11) is 3.84. The predicted molar refractivity (Wildman–Crippen MR) is 172 cm³/mol. The van der Waals surface area contributed by atoms with Crippen LogP contribution in [0.2, 0.25) is 0 Å². The monoisotopic (exact) mass is 574 g/mol. The molecule has 0 aliphatic carbocycles. The molecule has 0 aliphatic rings. The van der Waals surface area contributed by atoms with Gasteiger partial charge in [-0.25, -0.2) is 4.79 Å². The third kappa shape index (κ3) is 23.9. The summed E-state index contributed by atoms with van der Waals surface area (Å²) in [5.41, 5.74) is 0. The van der Waals surface area contributed by atoms with E-state index in [0.29, 0.717) is 0 Å². The second kappa shape index (κ2) is 32.1. The molecule has 0 heterocycles. The highest BCUT2D eigenvalue weighted by molar-refractivity contribution is 5.97. The van der Waals surface area contributed by atoms with Gasteiger partial charge in [0.05, 0.1) is 0 Å².